The van der Waals surface area contributed by atoms with Crippen LogP contribution in [0.3, 0.4) is 0 Å². The van der Waals surface area contributed by atoms with Crippen LogP contribution in [0.5, 0.6) is 23.0 Å². The van der Waals surface area contributed by atoms with Crippen molar-refractivity contribution in [2.45, 2.75) is 76.0 Å². The normalized spacial score (nSPS) is 18.4. The Hall–Kier alpha value is -7.02. The van der Waals surface area contributed by atoms with Crippen molar-refractivity contribution in [1.82, 2.24) is 28.2 Å². The maximum atomic E-state index is 14.1. The molecule has 12 bridgehead atoms. The third-order valence-corrected chi connectivity index (χ3v) is 17.7. The van der Waals surface area contributed by atoms with Gasteiger partial charge in [-0.05, 0) is 38.1 Å². The van der Waals surface area contributed by atoms with Gasteiger partial charge in [0.25, 0.3) is 0 Å². The molecule has 8 aliphatic rings. The van der Waals surface area contributed by atoms with E-state index < -0.39 is 44.4 Å². The number of rotatable bonds is 8. The molecule has 4 aromatic rings. The lowest BCUT2D eigenvalue weighted by Crippen LogP contribution is -2.39. The molecule has 24 heteroatoms. The van der Waals surface area contributed by atoms with Crippen LogP contribution in [0.15, 0.2) is 58.3 Å². The van der Waals surface area contributed by atoms with Crippen LogP contribution in [0.4, 0.5) is 19.2 Å². The average molecular weight is 1060 g/mol. The number of carbonyl (C=O) groups excluding carboxylic acids is 4. The Morgan fingerprint density at radius 1 is 0.365 bits per heavy atom. The zero-order valence-electron chi connectivity index (χ0n) is 42.0. The van der Waals surface area contributed by atoms with Crippen molar-refractivity contribution >= 4 is 44.4 Å². The highest BCUT2D eigenvalue weighted by Gasteiger charge is 2.41. The number of carbonyl (C=O) groups is 4. The fourth-order valence-electron chi connectivity index (χ4n) is 10.1. The van der Waals surface area contributed by atoms with Crippen LogP contribution in [0.25, 0.3) is 0 Å². The van der Waals surface area contributed by atoms with Gasteiger partial charge in [-0.2, -0.15) is 8.61 Å². The molecule has 0 aromatic heterocycles. The zero-order valence-corrected chi connectivity index (χ0v) is 43.6. The number of hydrogen-bond donors (Lipinski definition) is 0. The van der Waals surface area contributed by atoms with Crippen molar-refractivity contribution in [2.75, 3.05) is 81.0 Å². The van der Waals surface area contributed by atoms with Crippen LogP contribution in [0.1, 0.15) is 55.6 Å². The van der Waals surface area contributed by atoms with Crippen LogP contribution in [0.2, 0.25) is 0 Å². The predicted octanol–water partition coefficient (Wildman–Crippen LogP) is 5.24. The first kappa shape index (κ1) is 51.9. The Balaban J connectivity index is 0.992. The summed E-state index contributed by atoms with van der Waals surface area (Å²) in [5.74, 6) is 1.77. The fourth-order valence-corrected chi connectivity index (χ4v) is 13.0. The molecular weight excluding hydrogens is 1000 g/mol. The minimum Gasteiger partial charge on any atom is -0.496 e. The SMILES string of the molecule is COc1c2c3c(OC)c4c1CN(C4)C(=O)OCCN(S(=O)(=O)c1ccc(C)cc1)CCOC(=O)N1Cc4c(c(OC)c5c(c4OC)CN(C5)C(=O)OCCN(S(=O)(=O)c4ccc(C)cc4)CCOC(=O)N(C2)C3)C1. The van der Waals surface area contributed by atoms with Gasteiger partial charge in [-0.25, -0.2) is 36.0 Å². The predicted molar refractivity (Wildman–Crippen MR) is 261 cm³/mol. The van der Waals surface area contributed by atoms with E-state index in [2.05, 4.69) is 0 Å². The molecule has 0 saturated heterocycles. The minimum atomic E-state index is -4.18. The van der Waals surface area contributed by atoms with Crippen molar-refractivity contribution in [3.8, 4) is 23.0 Å². The molecule has 396 valence electrons. The van der Waals surface area contributed by atoms with Gasteiger partial charge in [-0.3, -0.25) is 19.6 Å². The van der Waals surface area contributed by atoms with E-state index in [0.717, 1.165) is 19.7 Å². The highest BCUT2D eigenvalue weighted by Crippen LogP contribution is 2.49. The van der Waals surface area contributed by atoms with E-state index in [1.165, 1.54) is 72.3 Å². The molecule has 12 rings (SSSR count). The number of sulfonamides is 2. The summed E-state index contributed by atoms with van der Waals surface area (Å²) >= 11 is 0. The summed E-state index contributed by atoms with van der Waals surface area (Å²) in [7, 11) is -2.44. The molecule has 0 radical (unpaired) electrons. The first-order chi connectivity index (χ1) is 35.5. The van der Waals surface area contributed by atoms with Gasteiger partial charge in [-0.15, -0.1) is 0 Å². The molecule has 0 spiro atoms. The molecular formula is C50H58N6O16S2. The van der Waals surface area contributed by atoms with Crippen molar-refractivity contribution in [2.24, 2.45) is 0 Å². The molecule has 0 fully saturated rings. The molecule has 0 saturated carbocycles. The third-order valence-electron chi connectivity index (χ3n) is 13.9. The number of benzene rings is 4. The molecule has 4 aromatic carbocycles. The number of hydrogen-bond acceptors (Lipinski definition) is 16. The molecule has 0 aliphatic carbocycles. The maximum absolute atomic E-state index is 14.1. The Morgan fingerprint density at radius 3 is 0.757 bits per heavy atom. The number of ether oxygens (including phenoxy) is 8. The second-order valence-electron chi connectivity index (χ2n) is 18.3. The van der Waals surface area contributed by atoms with Crippen molar-refractivity contribution in [1.29, 1.82) is 0 Å². The van der Waals surface area contributed by atoms with E-state index in [1.807, 2.05) is 13.8 Å². The van der Waals surface area contributed by atoms with Crippen LogP contribution in [0, 0.1) is 13.8 Å². The van der Waals surface area contributed by atoms with Gasteiger partial charge >= 0.3 is 24.4 Å². The van der Waals surface area contributed by atoms with Crippen LogP contribution in [-0.4, -0.2) is 150 Å². The second-order valence-corrected chi connectivity index (χ2v) is 22.2. The summed E-state index contributed by atoms with van der Waals surface area (Å²) in [4.78, 5) is 60.7. The van der Waals surface area contributed by atoms with E-state index in [-0.39, 0.29) is 115 Å². The van der Waals surface area contributed by atoms with Crippen molar-refractivity contribution < 1.29 is 73.9 Å². The van der Waals surface area contributed by atoms with Crippen LogP contribution in [-0.2, 0) is 91.4 Å². The average Bonchev–Trinajstić information content (AvgIpc) is 4.22. The van der Waals surface area contributed by atoms with E-state index in [0.29, 0.717) is 67.5 Å². The molecule has 0 atom stereocenters. The van der Waals surface area contributed by atoms with Gasteiger partial charge in [0.1, 0.15) is 49.4 Å². The van der Waals surface area contributed by atoms with Gasteiger partial charge in [0.05, 0.1) is 90.6 Å². The summed E-state index contributed by atoms with van der Waals surface area (Å²) in [6, 6.07) is 12.6. The summed E-state index contributed by atoms with van der Waals surface area (Å²) in [5.41, 5.74) is 6.79. The zero-order chi connectivity index (χ0) is 52.6. The van der Waals surface area contributed by atoms with Crippen molar-refractivity contribution in [3.63, 3.8) is 0 Å². The summed E-state index contributed by atoms with van der Waals surface area (Å²) in [5, 5.41) is 0. The van der Waals surface area contributed by atoms with Gasteiger partial charge in [0, 0.05) is 70.7 Å². The molecule has 0 N–H and O–H groups in total. The van der Waals surface area contributed by atoms with Crippen LogP contribution >= 0.6 is 0 Å². The van der Waals surface area contributed by atoms with E-state index >= 15 is 0 Å². The van der Waals surface area contributed by atoms with E-state index in [4.69, 9.17) is 37.9 Å². The smallest absolute Gasteiger partial charge is 0.410 e. The summed E-state index contributed by atoms with van der Waals surface area (Å²) in [6.45, 7) is 1.58. The standard InChI is InChI=1S/C50H58N6O16S2/c1-31-7-11-33(12-8-31)73(61,62)55-15-19-69-47(57)51-23-35-36(24-51)44(66-4)40-28-53(27-39(40)43(35)65-3)49(59)71-21-17-56(74(63,64)34-13-9-32(2)10-14-34)18-22-72-50(60)54-29-41-42(30-54)46(68-6)38-26-52(48(58)70-20-16-55)25-37(38)45(41)67-5/h7-14H,15-30H2,1-6H3. The Morgan fingerprint density at radius 2 is 0.568 bits per heavy atom. The number of amides is 4. The largest absolute Gasteiger partial charge is 0.496 e. The summed E-state index contributed by atoms with van der Waals surface area (Å²) < 4.78 is 105. The van der Waals surface area contributed by atoms with E-state index in [9.17, 15) is 36.0 Å². The molecule has 22 nitrogen and oxygen atoms in total. The van der Waals surface area contributed by atoms with Crippen LogP contribution < -0.4 is 18.9 Å². The first-order valence-electron chi connectivity index (χ1n) is 23.8. The topological polar surface area (TPSA) is 230 Å². The Kier molecular flexibility index (Phi) is 14.8. The van der Waals surface area contributed by atoms with Gasteiger partial charge in [0.15, 0.2) is 0 Å². The summed E-state index contributed by atoms with van der Waals surface area (Å²) in [6.07, 6.45) is -2.91. The maximum Gasteiger partial charge on any atom is 0.410 e. The third kappa shape index (κ3) is 9.77. The van der Waals surface area contributed by atoms with Gasteiger partial charge in [-0.1, -0.05) is 35.4 Å². The highest BCUT2D eigenvalue weighted by molar-refractivity contribution is 7.89. The van der Waals surface area contributed by atoms with Gasteiger partial charge < -0.3 is 37.9 Å². The number of nitrogens with zero attached hydrogens (tertiary/aromatic N) is 6. The number of methoxy groups -OCH3 is 4. The molecule has 8 aliphatic heterocycles. The fraction of sp³-hybridized carbons (Fsp3) is 0.440. The first-order valence-corrected chi connectivity index (χ1v) is 26.7. The quantitative estimate of drug-likeness (QED) is 0.205. The molecule has 74 heavy (non-hydrogen) atoms. The van der Waals surface area contributed by atoms with Gasteiger partial charge in [0.2, 0.25) is 20.0 Å². The Bertz CT molecular complexity index is 2690. The number of aryl methyl sites for hydroxylation is 2. The molecule has 0 unspecified atom stereocenters. The molecule has 8 heterocycles. The molecule has 4 amide bonds. The monoisotopic (exact) mass is 1060 g/mol. The Labute approximate surface area is 429 Å². The lowest BCUT2D eigenvalue weighted by atomic mass is 9.98. The van der Waals surface area contributed by atoms with E-state index in [1.54, 1.807) is 24.3 Å². The second kappa shape index (κ2) is 21.1. The lowest BCUT2D eigenvalue weighted by Gasteiger charge is -2.24. The highest BCUT2D eigenvalue weighted by atomic mass is 32.2. The minimum absolute atomic E-state index is 0.00285. The lowest BCUT2D eigenvalue weighted by molar-refractivity contribution is 0.0869. The van der Waals surface area contributed by atoms with Crippen molar-refractivity contribution in [3.05, 3.63) is 104 Å².